The fraction of sp³-hybridized carbons (Fsp3) is 0.188. The Labute approximate surface area is 127 Å². The van der Waals surface area contributed by atoms with Crippen LogP contribution in [0, 0.1) is 5.82 Å². The van der Waals surface area contributed by atoms with Gasteiger partial charge in [-0.25, -0.2) is 4.39 Å². The Morgan fingerprint density at radius 3 is 2.52 bits per heavy atom. The van der Waals surface area contributed by atoms with Crippen LogP contribution in [0.2, 0.25) is 5.02 Å². The van der Waals surface area contributed by atoms with Crippen molar-refractivity contribution in [1.29, 1.82) is 0 Å². The molecule has 0 aliphatic carbocycles. The van der Waals surface area contributed by atoms with Crippen LogP contribution in [0.1, 0.15) is 24.0 Å². The van der Waals surface area contributed by atoms with Gasteiger partial charge in [-0.05, 0) is 36.2 Å². The smallest absolute Gasteiger partial charge is 0.310 e. The Bertz CT molecular complexity index is 643. The molecule has 1 atom stereocenters. The molecule has 0 fully saturated rings. The van der Waals surface area contributed by atoms with Crippen LogP contribution in [0.5, 0.6) is 0 Å². The summed E-state index contributed by atoms with van der Waals surface area (Å²) in [6.45, 7) is 2.08. The van der Waals surface area contributed by atoms with E-state index in [0.29, 0.717) is 17.3 Å². The molecule has 3 nitrogen and oxygen atoms in total. The molecule has 0 saturated heterocycles. The molecule has 0 aliphatic rings. The quantitative estimate of drug-likeness (QED) is 0.867. The summed E-state index contributed by atoms with van der Waals surface area (Å²) < 4.78 is 13.6. The van der Waals surface area contributed by atoms with Gasteiger partial charge in [0.1, 0.15) is 5.82 Å². The summed E-state index contributed by atoms with van der Waals surface area (Å²) in [4.78, 5) is 10.9. The Morgan fingerprint density at radius 2 is 1.95 bits per heavy atom. The number of hydrogen-bond donors (Lipinski definition) is 2. The number of rotatable bonds is 5. The number of carboxylic acids is 1. The van der Waals surface area contributed by atoms with Gasteiger partial charge < -0.3 is 10.4 Å². The number of carbonyl (C=O) groups is 1. The molecule has 0 spiro atoms. The number of halogens is 2. The number of anilines is 1. The van der Waals surface area contributed by atoms with Crippen molar-refractivity contribution in [3.8, 4) is 0 Å². The van der Waals surface area contributed by atoms with Crippen LogP contribution in [0.15, 0.2) is 42.5 Å². The van der Waals surface area contributed by atoms with Crippen molar-refractivity contribution in [2.45, 2.75) is 19.4 Å². The van der Waals surface area contributed by atoms with E-state index in [-0.39, 0.29) is 0 Å². The summed E-state index contributed by atoms with van der Waals surface area (Å²) in [7, 11) is 0. The third-order valence-electron chi connectivity index (χ3n) is 3.26. The molecule has 0 amide bonds. The molecule has 110 valence electrons. The Kier molecular flexibility index (Phi) is 4.81. The maximum atomic E-state index is 13.6. The van der Waals surface area contributed by atoms with Crippen molar-refractivity contribution in [1.82, 2.24) is 0 Å². The fourth-order valence-corrected chi connectivity index (χ4v) is 2.06. The second kappa shape index (κ2) is 6.59. The van der Waals surface area contributed by atoms with Crippen molar-refractivity contribution < 1.29 is 14.3 Å². The van der Waals surface area contributed by atoms with Gasteiger partial charge in [-0.15, -0.1) is 0 Å². The number of nitrogens with one attached hydrogen (secondary N) is 1. The van der Waals surface area contributed by atoms with Gasteiger partial charge in [-0.1, -0.05) is 35.9 Å². The average Bonchev–Trinajstić information content (AvgIpc) is 2.46. The number of benzene rings is 2. The van der Waals surface area contributed by atoms with Crippen LogP contribution in [-0.2, 0) is 11.3 Å². The lowest BCUT2D eigenvalue weighted by Gasteiger charge is -2.10. The predicted molar refractivity (Wildman–Crippen MR) is 81.2 cm³/mol. The van der Waals surface area contributed by atoms with Crippen molar-refractivity contribution in [2.75, 3.05) is 5.32 Å². The lowest BCUT2D eigenvalue weighted by Crippen LogP contribution is -2.07. The second-order valence-electron chi connectivity index (χ2n) is 4.78. The van der Waals surface area contributed by atoms with Crippen molar-refractivity contribution in [2.24, 2.45) is 0 Å². The summed E-state index contributed by atoms with van der Waals surface area (Å²) in [6.07, 6.45) is 0. The van der Waals surface area contributed by atoms with E-state index in [9.17, 15) is 9.18 Å². The monoisotopic (exact) mass is 307 g/mol. The molecule has 2 aromatic rings. The van der Waals surface area contributed by atoms with Crippen molar-refractivity contribution in [3.05, 3.63) is 64.4 Å². The van der Waals surface area contributed by atoms with Gasteiger partial charge in [0.15, 0.2) is 0 Å². The maximum absolute atomic E-state index is 13.6. The molecular formula is C16H15ClFNO2. The summed E-state index contributed by atoms with van der Waals surface area (Å²) >= 11 is 5.69. The summed E-state index contributed by atoms with van der Waals surface area (Å²) in [6, 6.07) is 11.7. The molecule has 1 unspecified atom stereocenters. The Morgan fingerprint density at radius 1 is 1.29 bits per heavy atom. The minimum Gasteiger partial charge on any atom is -0.481 e. The highest BCUT2D eigenvalue weighted by Crippen LogP contribution is 2.20. The number of aliphatic carboxylic acids is 1. The van der Waals surface area contributed by atoms with E-state index in [2.05, 4.69) is 5.32 Å². The minimum absolute atomic E-state index is 0.352. The second-order valence-corrected chi connectivity index (χ2v) is 5.22. The van der Waals surface area contributed by atoms with E-state index in [1.807, 2.05) is 12.1 Å². The highest BCUT2D eigenvalue weighted by Gasteiger charge is 2.12. The van der Waals surface area contributed by atoms with Crippen LogP contribution in [0.25, 0.3) is 0 Å². The van der Waals surface area contributed by atoms with Gasteiger partial charge in [-0.3, -0.25) is 4.79 Å². The molecule has 21 heavy (non-hydrogen) atoms. The zero-order chi connectivity index (χ0) is 15.4. The van der Waals surface area contributed by atoms with Crippen LogP contribution in [-0.4, -0.2) is 11.1 Å². The van der Waals surface area contributed by atoms with E-state index in [0.717, 1.165) is 11.1 Å². The third-order valence-corrected chi connectivity index (χ3v) is 3.50. The lowest BCUT2D eigenvalue weighted by molar-refractivity contribution is -0.138. The van der Waals surface area contributed by atoms with E-state index in [1.54, 1.807) is 31.2 Å². The minimum atomic E-state index is -0.857. The van der Waals surface area contributed by atoms with Gasteiger partial charge in [0, 0.05) is 11.6 Å². The first-order valence-electron chi connectivity index (χ1n) is 6.48. The van der Waals surface area contributed by atoms with Crippen LogP contribution in [0.3, 0.4) is 0 Å². The van der Waals surface area contributed by atoms with Crippen molar-refractivity contribution >= 4 is 23.3 Å². The molecule has 0 radical (unpaired) electrons. The topological polar surface area (TPSA) is 49.3 Å². The fourth-order valence-electron chi connectivity index (χ4n) is 1.90. The highest BCUT2D eigenvalue weighted by molar-refractivity contribution is 6.30. The van der Waals surface area contributed by atoms with Gasteiger partial charge in [0.25, 0.3) is 0 Å². The first kappa shape index (κ1) is 15.3. The van der Waals surface area contributed by atoms with Crippen LogP contribution in [0.4, 0.5) is 10.1 Å². The van der Waals surface area contributed by atoms with Gasteiger partial charge >= 0.3 is 5.97 Å². The molecule has 2 aromatic carbocycles. The summed E-state index contributed by atoms with van der Waals surface area (Å²) in [5.74, 6) is -1.80. The SMILES string of the molecule is CC(C(=O)O)c1ccc(CNc2ccc(Cl)cc2F)cc1. The Hall–Kier alpha value is -2.07. The Balaban J connectivity index is 2.02. The average molecular weight is 308 g/mol. The maximum Gasteiger partial charge on any atom is 0.310 e. The molecule has 2 N–H and O–H groups in total. The van der Waals surface area contributed by atoms with E-state index < -0.39 is 17.7 Å². The normalized spacial score (nSPS) is 12.0. The van der Waals surface area contributed by atoms with Gasteiger partial charge in [0.05, 0.1) is 11.6 Å². The molecule has 0 aromatic heterocycles. The molecule has 0 bridgehead atoms. The van der Waals surface area contributed by atoms with Crippen LogP contribution < -0.4 is 5.32 Å². The summed E-state index contributed by atoms with van der Waals surface area (Å²) in [5.41, 5.74) is 2.05. The zero-order valence-electron chi connectivity index (χ0n) is 11.4. The molecule has 0 heterocycles. The first-order chi connectivity index (χ1) is 9.97. The number of carboxylic acid groups (broad SMARTS) is 1. The van der Waals surface area contributed by atoms with E-state index in [1.165, 1.54) is 6.07 Å². The third kappa shape index (κ3) is 3.95. The standard InChI is InChI=1S/C16H15ClFNO2/c1-10(16(20)21)12-4-2-11(3-5-12)9-19-15-7-6-13(17)8-14(15)18/h2-8,10,19H,9H2,1H3,(H,20,21). The number of hydrogen-bond acceptors (Lipinski definition) is 2. The molecule has 2 rings (SSSR count). The molecule has 0 aliphatic heterocycles. The van der Waals surface area contributed by atoms with Crippen LogP contribution >= 0.6 is 11.6 Å². The zero-order valence-corrected chi connectivity index (χ0v) is 12.2. The van der Waals surface area contributed by atoms with E-state index in [4.69, 9.17) is 16.7 Å². The van der Waals surface area contributed by atoms with Gasteiger partial charge in [-0.2, -0.15) is 0 Å². The predicted octanol–water partition coefficient (Wildman–Crippen LogP) is 4.28. The highest BCUT2D eigenvalue weighted by atomic mass is 35.5. The molecular weight excluding hydrogens is 293 g/mol. The van der Waals surface area contributed by atoms with Crippen molar-refractivity contribution in [3.63, 3.8) is 0 Å². The first-order valence-corrected chi connectivity index (χ1v) is 6.85. The summed E-state index contributed by atoms with van der Waals surface area (Å²) in [5, 5.41) is 12.3. The lowest BCUT2D eigenvalue weighted by atomic mass is 10.00. The largest absolute Gasteiger partial charge is 0.481 e. The molecule has 0 saturated carbocycles. The molecule has 5 heteroatoms. The van der Waals surface area contributed by atoms with E-state index >= 15 is 0 Å². The van der Waals surface area contributed by atoms with Gasteiger partial charge in [0.2, 0.25) is 0 Å².